The lowest BCUT2D eigenvalue weighted by molar-refractivity contribution is -0.118. The lowest BCUT2D eigenvalue weighted by Crippen LogP contribution is -2.20. The number of halogens is 1. The number of rotatable bonds is 8. The van der Waals surface area contributed by atoms with Crippen molar-refractivity contribution in [3.63, 3.8) is 0 Å². The molecule has 10 heteroatoms. The predicted molar refractivity (Wildman–Crippen MR) is 134 cm³/mol. The number of para-hydroxylation sites is 1. The SMILES string of the molecule is O=C(CSc1nnc(-c2ccc(Br)cc2)n1-c1ccccc1)NN=Cc1ccc(C(=O)O)cc1. The fraction of sp³-hybridized carbons (Fsp3) is 0.0417. The van der Waals surface area contributed by atoms with Crippen molar-refractivity contribution in [2.24, 2.45) is 5.10 Å². The third-order valence-electron chi connectivity index (χ3n) is 4.64. The first kappa shape index (κ1) is 23.4. The van der Waals surface area contributed by atoms with Crippen molar-refractivity contribution in [1.82, 2.24) is 20.2 Å². The molecule has 0 atom stereocenters. The number of hydrogen-bond acceptors (Lipinski definition) is 6. The van der Waals surface area contributed by atoms with Crippen LogP contribution in [0.2, 0.25) is 0 Å². The average Bonchev–Trinajstić information content (AvgIpc) is 3.28. The highest BCUT2D eigenvalue weighted by molar-refractivity contribution is 9.10. The molecule has 0 saturated heterocycles. The van der Waals surface area contributed by atoms with Crippen LogP contribution in [0.15, 0.2) is 93.6 Å². The highest BCUT2D eigenvalue weighted by atomic mass is 79.9. The number of nitrogens with zero attached hydrogens (tertiary/aromatic N) is 4. The molecule has 0 bridgehead atoms. The molecule has 4 aromatic rings. The van der Waals surface area contributed by atoms with E-state index in [0.29, 0.717) is 16.5 Å². The molecule has 1 aromatic heterocycles. The second-order valence-electron chi connectivity index (χ2n) is 6.99. The van der Waals surface area contributed by atoms with Gasteiger partial charge < -0.3 is 5.11 Å². The van der Waals surface area contributed by atoms with Gasteiger partial charge >= 0.3 is 5.97 Å². The Kier molecular flexibility index (Phi) is 7.51. The van der Waals surface area contributed by atoms with Crippen LogP contribution in [0.1, 0.15) is 15.9 Å². The summed E-state index contributed by atoms with van der Waals surface area (Å²) in [6.45, 7) is 0. The molecule has 8 nitrogen and oxygen atoms in total. The van der Waals surface area contributed by atoms with Crippen LogP contribution >= 0.6 is 27.7 Å². The van der Waals surface area contributed by atoms with Crippen LogP contribution in [0.5, 0.6) is 0 Å². The molecular weight excluding hydrogens is 518 g/mol. The number of hydrazone groups is 1. The molecular formula is C24H18BrN5O3S. The van der Waals surface area contributed by atoms with Gasteiger partial charge in [0.15, 0.2) is 11.0 Å². The van der Waals surface area contributed by atoms with Gasteiger partial charge in [0.1, 0.15) is 0 Å². The summed E-state index contributed by atoms with van der Waals surface area (Å²) in [5.74, 6) is -0.554. The standard InChI is InChI=1S/C24H18BrN5O3S/c25-19-12-10-17(11-13-19)22-28-29-24(30(22)20-4-2-1-3-5-20)34-15-21(31)27-26-14-16-6-8-18(9-7-16)23(32)33/h1-14H,15H2,(H,27,31)(H,32,33). The number of hydrogen-bond donors (Lipinski definition) is 2. The number of benzene rings is 3. The van der Waals surface area contributed by atoms with E-state index in [0.717, 1.165) is 15.7 Å². The summed E-state index contributed by atoms with van der Waals surface area (Å²) in [7, 11) is 0. The van der Waals surface area contributed by atoms with E-state index in [9.17, 15) is 9.59 Å². The summed E-state index contributed by atoms with van der Waals surface area (Å²) in [5.41, 5.74) is 5.11. The zero-order valence-corrected chi connectivity index (χ0v) is 20.0. The first-order valence-electron chi connectivity index (χ1n) is 10.1. The Morgan fingerprint density at radius 3 is 2.38 bits per heavy atom. The van der Waals surface area contributed by atoms with Crippen molar-refractivity contribution in [3.05, 3.63) is 94.5 Å². The average molecular weight is 536 g/mol. The fourth-order valence-corrected chi connectivity index (χ4v) is 4.02. The van der Waals surface area contributed by atoms with Gasteiger partial charge in [0, 0.05) is 15.7 Å². The van der Waals surface area contributed by atoms with Gasteiger partial charge in [-0.1, -0.05) is 70.2 Å². The van der Waals surface area contributed by atoms with E-state index in [-0.39, 0.29) is 17.2 Å². The van der Waals surface area contributed by atoms with Crippen molar-refractivity contribution < 1.29 is 14.7 Å². The molecule has 0 unspecified atom stereocenters. The normalized spacial score (nSPS) is 11.0. The number of carbonyl (C=O) groups is 2. The van der Waals surface area contributed by atoms with Crippen LogP contribution in [-0.2, 0) is 4.79 Å². The molecule has 1 amide bonds. The van der Waals surface area contributed by atoms with Crippen molar-refractivity contribution in [3.8, 4) is 17.1 Å². The van der Waals surface area contributed by atoms with Crippen LogP contribution < -0.4 is 5.43 Å². The van der Waals surface area contributed by atoms with Crippen LogP contribution in [0, 0.1) is 0 Å². The zero-order valence-electron chi connectivity index (χ0n) is 17.6. The van der Waals surface area contributed by atoms with Crippen LogP contribution in [0.4, 0.5) is 0 Å². The van der Waals surface area contributed by atoms with E-state index in [4.69, 9.17) is 5.11 Å². The molecule has 2 N–H and O–H groups in total. The molecule has 0 aliphatic rings. The molecule has 0 aliphatic heterocycles. The minimum absolute atomic E-state index is 0.0839. The Balaban J connectivity index is 1.45. The largest absolute Gasteiger partial charge is 0.478 e. The molecule has 170 valence electrons. The van der Waals surface area contributed by atoms with Gasteiger partial charge in [0.05, 0.1) is 17.5 Å². The second-order valence-corrected chi connectivity index (χ2v) is 8.85. The molecule has 34 heavy (non-hydrogen) atoms. The predicted octanol–water partition coefficient (Wildman–Crippen LogP) is 4.64. The van der Waals surface area contributed by atoms with E-state index in [2.05, 4.69) is 36.7 Å². The Hall–Kier alpha value is -3.76. The highest BCUT2D eigenvalue weighted by Gasteiger charge is 2.17. The van der Waals surface area contributed by atoms with E-state index in [1.54, 1.807) is 12.1 Å². The van der Waals surface area contributed by atoms with Crippen molar-refractivity contribution >= 4 is 45.8 Å². The molecule has 3 aromatic carbocycles. The molecule has 0 fully saturated rings. The number of carboxylic acid groups (broad SMARTS) is 1. The number of aromatic nitrogens is 3. The molecule has 0 saturated carbocycles. The van der Waals surface area contributed by atoms with Crippen molar-refractivity contribution in [2.75, 3.05) is 5.75 Å². The maximum atomic E-state index is 12.3. The Labute approximate surface area is 207 Å². The Morgan fingerprint density at radius 2 is 1.71 bits per heavy atom. The van der Waals surface area contributed by atoms with Crippen LogP contribution in [0.25, 0.3) is 17.1 Å². The van der Waals surface area contributed by atoms with Gasteiger partial charge in [-0.2, -0.15) is 5.10 Å². The van der Waals surface area contributed by atoms with Crippen molar-refractivity contribution in [1.29, 1.82) is 0 Å². The summed E-state index contributed by atoms with van der Waals surface area (Å²) in [6.07, 6.45) is 1.45. The summed E-state index contributed by atoms with van der Waals surface area (Å²) in [6, 6.07) is 23.6. The third-order valence-corrected chi connectivity index (χ3v) is 6.10. The smallest absolute Gasteiger partial charge is 0.335 e. The Morgan fingerprint density at radius 1 is 1.00 bits per heavy atom. The Bertz CT molecular complexity index is 1320. The minimum atomic E-state index is -1.000. The number of carbonyl (C=O) groups excluding carboxylic acids is 1. The van der Waals surface area contributed by atoms with Gasteiger partial charge in [0.2, 0.25) is 0 Å². The maximum absolute atomic E-state index is 12.3. The van der Waals surface area contributed by atoms with Gasteiger partial charge in [-0.05, 0) is 42.0 Å². The van der Waals surface area contributed by atoms with E-state index in [1.807, 2.05) is 59.2 Å². The summed E-state index contributed by atoms with van der Waals surface area (Å²) in [4.78, 5) is 23.2. The van der Waals surface area contributed by atoms with Gasteiger partial charge in [-0.3, -0.25) is 9.36 Å². The minimum Gasteiger partial charge on any atom is -0.478 e. The number of nitrogens with one attached hydrogen (secondary N) is 1. The number of carboxylic acids is 1. The van der Waals surface area contributed by atoms with Crippen LogP contribution in [0.3, 0.4) is 0 Å². The summed E-state index contributed by atoms with van der Waals surface area (Å²) in [5, 5.41) is 22.1. The van der Waals surface area contributed by atoms with Gasteiger partial charge in [0.25, 0.3) is 5.91 Å². The molecule has 0 aliphatic carbocycles. The van der Waals surface area contributed by atoms with Gasteiger partial charge in [-0.15, -0.1) is 10.2 Å². The maximum Gasteiger partial charge on any atom is 0.335 e. The van der Waals surface area contributed by atoms with Gasteiger partial charge in [-0.25, -0.2) is 10.2 Å². The molecule has 4 rings (SSSR count). The number of aromatic carboxylic acids is 1. The number of amides is 1. The van der Waals surface area contributed by atoms with Crippen molar-refractivity contribution in [2.45, 2.75) is 5.16 Å². The zero-order chi connectivity index (χ0) is 23.9. The lowest BCUT2D eigenvalue weighted by atomic mass is 10.1. The molecule has 0 spiro atoms. The van der Waals surface area contributed by atoms with Crippen LogP contribution in [-0.4, -0.2) is 43.7 Å². The first-order chi connectivity index (χ1) is 16.5. The first-order valence-corrected chi connectivity index (χ1v) is 11.8. The summed E-state index contributed by atoms with van der Waals surface area (Å²) < 4.78 is 2.88. The third kappa shape index (κ3) is 5.77. The quantitative estimate of drug-likeness (QED) is 0.193. The second kappa shape index (κ2) is 10.9. The van der Waals surface area contributed by atoms with E-state index < -0.39 is 5.97 Å². The number of thioether (sulfide) groups is 1. The topological polar surface area (TPSA) is 109 Å². The monoisotopic (exact) mass is 535 g/mol. The lowest BCUT2D eigenvalue weighted by Gasteiger charge is -2.10. The van der Waals surface area contributed by atoms with E-state index in [1.165, 1.54) is 30.1 Å². The molecule has 1 heterocycles. The molecule has 0 radical (unpaired) electrons. The summed E-state index contributed by atoms with van der Waals surface area (Å²) >= 11 is 4.69. The highest BCUT2D eigenvalue weighted by Crippen LogP contribution is 2.28. The van der Waals surface area contributed by atoms with E-state index >= 15 is 0 Å². The fourth-order valence-electron chi connectivity index (χ4n) is 3.01.